The highest BCUT2D eigenvalue weighted by atomic mass is 35.5. The van der Waals surface area contributed by atoms with Crippen LogP contribution < -0.4 is 10.1 Å². The monoisotopic (exact) mass is 397 g/mol. The Bertz CT molecular complexity index is 748. The van der Waals surface area contributed by atoms with E-state index in [1.54, 1.807) is 24.3 Å². The minimum Gasteiger partial charge on any atom is -0.507 e. The van der Waals surface area contributed by atoms with Crippen molar-refractivity contribution >= 4 is 24.0 Å². The van der Waals surface area contributed by atoms with Gasteiger partial charge in [-0.3, -0.25) is 0 Å². The van der Waals surface area contributed by atoms with E-state index in [9.17, 15) is 5.11 Å². The molecule has 1 saturated heterocycles. The molecule has 2 N–H and O–H groups in total. The Morgan fingerprint density at radius 1 is 1.08 bits per heavy atom. The molecule has 7 heteroatoms. The van der Waals surface area contributed by atoms with Crippen molar-refractivity contribution in [3.05, 3.63) is 35.4 Å². The van der Waals surface area contributed by atoms with E-state index in [1.807, 2.05) is 0 Å². The minimum atomic E-state index is 0. The number of phenols is 1. The minimum absolute atomic E-state index is 0. The van der Waals surface area contributed by atoms with Gasteiger partial charge >= 0.3 is 0 Å². The number of aromatic nitrogens is 2. The molecular weight excluding hydrogens is 373 g/mol. The van der Waals surface area contributed by atoms with Crippen molar-refractivity contribution in [1.29, 1.82) is 0 Å². The van der Waals surface area contributed by atoms with Crippen molar-refractivity contribution in [3.8, 4) is 22.9 Å². The van der Waals surface area contributed by atoms with Crippen LogP contribution in [0.25, 0.3) is 11.3 Å². The summed E-state index contributed by atoms with van der Waals surface area (Å²) in [4.78, 5) is 0. The van der Waals surface area contributed by atoms with Crippen molar-refractivity contribution in [1.82, 2.24) is 15.5 Å². The third-order valence-corrected chi connectivity index (χ3v) is 4.55. The number of piperidine rings is 1. The maximum Gasteiger partial charge on any atom is 0.233 e. The molecule has 0 spiro atoms. The first-order valence-electron chi connectivity index (χ1n) is 8.42. The number of rotatable bonds is 3. The molecule has 1 aromatic heterocycles. The van der Waals surface area contributed by atoms with Crippen LogP contribution in [0, 0.1) is 0 Å². The van der Waals surface area contributed by atoms with E-state index in [4.69, 9.17) is 16.3 Å². The first-order chi connectivity index (χ1) is 11.6. The zero-order valence-electron chi connectivity index (χ0n) is 15.4. The number of nitrogens with one attached hydrogen (secondary N) is 1. The van der Waals surface area contributed by atoms with Crippen LogP contribution in [-0.4, -0.2) is 32.5 Å². The van der Waals surface area contributed by atoms with Gasteiger partial charge in [-0.25, -0.2) is 0 Å². The van der Waals surface area contributed by atoms with Crippen LogP contribution in [0.3, 0.4) is 0 Å². The normalized spacial score (nSPS) is 18.8. The molecule has 1 aliphatic rings. The lowest BCUT2D eigenvalue weighted by atomic mass is 9.81. The van der Waals surface area contributed by atoms with Crippen molar-refractivity contribution in [2.24, 2.45) is 0 Å². The molecule has 1 fully saturated rings. The van der Waals surface area contributed by atoms with E-state index in [0.717, 1.165) is 12.8 Å². The highest BCUT2D eigenvalue weighted by molar-refractivity contribution is 6.30. The fourth-order valence-corrected chi connectivity index (χ4v) is 3.90. The molecule has 3 rings (SSSR count). The molecule has 26 heavy (non-hydrogen) atoms. The Balaban J connectivity index is 0.00000243. The molecule has 2 aromatic rings. The molecular formula is C19H25Cl2N3O2. The van der Waals surface area contributed by atoms with Crippen LogP contribution in [0.4, 0.5) is 0 Å². The van der Waals surface area contributed by atoms with Crippen molar-refractivity contribution < 1.29 is 9.84 Å². The molecule has 0 atom stereocenters. The third kappa shape index (κ3) is 5.00. The van der Waals surface area contributed by atoms with Crippen LogP contribution in [0.2, 0.25) is 5.02 Å². The van der Waals surface area contributed by atoms with Gasteiger partial charge in [0.15, 0.2) is 0 Å². The lowest BCUT2D eigenvalue weighted by Crippen LogP contribution is -2.60. The van der Waals surface area contributed by atoms with Gasteiger partial charge in [0.1, 0.15) is 11.9 Å². The van der Waals surface area contributed by atoms with Gasteiger partial charge in [0.25, 0.3) is 0 Å². The van der Waals surface area contributed by atoms with Gasteiger partial charge in [-0.15, -0.1) is 22.6 Å². The van der Waals surface area contributed by atoms with E-state index < -0.39 is 0 Å². The number of aromatic hydroxyl groups is 1. The summed E-state index contributed by atoms with van der Waals surface area (Å²) in [5.74, 6) is 0.577. The summed E-state index contributed by atoms with van der Waals surface area (Å²) in [6, 6.07) is 8.51. The van der Waals surface area contributed by atoms with Crippen molar-refractivity contribution in [2.45, 2.75) is 57.7 Å². The fraction of sp³-hybridized carbons (Fsp3) is 0.474. The number of phenolic OH excluding ortho intramolecular Hbond substituents is 1. The van der Waals surface area contributed by atoms with Crippen molar-refractivity contribution in [2.75, 3.05) is 0 Å². The third-order valence-electron chi connectivity index (χ3n) is 4.32. The number of benzene rings is 1. The molecule has 5 nitrogen and oxygen atoms in total. The van der Waals surface area contributed by atoms with Gasteiger partial charge in [-0.1, -0.05) is 11.6 Å². The molecule has 0 amide bonds. The maximum atomic E-state index is 10.00. The average Bonchev–Trinajstić information content (AvgIpc) is 2.45. The maximum absolute atomic E-state index is 10.00. The number of hydrogen-bond acceptors (Lipinski definition) is 5. The Morgan fingerprint density at radius 2 is 1.73 bits per heavy atom. The molecule has 0 aliphatic carbocycles. The van der Waals surface area contributed by atoms with E-state index in [1.165, 1.54) is 6.07 Å². The molecule has 2 heterocycles. The predicted molar refractivity (Wildman–Crippen MR) is 106 cm³/mol. The van der Waals surface area contributed by atoms with Crippen LogP contribution in [0.15, 0.2) is 30.3 Å². The Hall–Kier alpha value is -1.56. The topological polar surface area (TPSA) is 67.3 Å². The van der Waals surface area contributed by atoms with E-state index in [0.29, 0.717) is 22.2 Å². The number of nitrogens with zero attached hydrogens (tertiary/aromatic N) is 2. The number of hydrogen-bond donors (Lipinski definition) is 2. The van der Waals surface area contributed by atoms with E-state index >= 15 is 0 Å². The first-order valence-corrected chi connectivity index (χ1v) is 8.80. The molecule has 0 saturated carbocycles. The summed E-state index contributed by atoms with van der Waals surface area (Å²) >= 11 is 5.86. The number of halogens is 2. The van der Waals surface area contributed by atoms with Gasteiger partial charge in [-0.05, 0) is 52.0 Å². The van der Waals surface area contributed by atoms with Crippen LogP contribution >= 0.6 is 24.0 Å². The standard InChI is InChI=1S/C19H24ClN3O2.ClH/c1-18(2)10-13(11-19(3,4)23-18)25-17-8-7-15(21-22-17)14-6-5-12(20)9-16(14)24;/h5-9,13,23-24H,10-11H2,1-4H3;1H. The lowest BCUT2D eigenvalue weighted by Gasteiger charge is -2.46. The Labute approximate surface area is 165 Å². The average molecular weight is 398 g/mol. The molecule has 0 unspecified atom stereocenters. The van der Waals surface area contributed by atoms with Gasteiger partial charge in [-0.2, -0.15) is 0 Å². The van der Waals surface area contributed by atoms with Gasteiger partial charge < -0.3 is 15.2 Å². The molecule has 0 bridgehead atoms. The summed E-state index contributed by atoms with van der Waals surface area (Å²) in [6.45, 7) is 8.73. The summed E-state index contributed by atoms with van der Waals surface area (Å²) in [5, 5.41) is 22.5. The zero-order chi connectivity index (χ0) is 18.2. The van der Waals surface area contributed by atoms with E-state index in [2.05, 4.69) is 43.2 Å². The second-order valence-corrected chi connectivity index (χ2v) is 8.40. The summed E-state index contributed by atoms with van der Waals surface area (Å²) in [6.07, 6.45) is 1.88. The quantitative estimate of drug-likeness (QED) is 0.790. The second kappa shape index (κ2) is 7.59. The first kappa shape index (κ1) is 20.7. The van der Waals surface area contributed by atoms with Gasteiger partial charge in [0, 0.05) is 40.6 Å². The SMILES string of the molecule is CC1(C)CC(Oc2ccc(-c3ccc(Cl)cc3O)nn2)CC(C)(C)N1.Cl. The van der Waals surface area contributed by atoms with Crippen LogP contribution in [0.1, 0.15) is 40.5 Å². The van der Waals surface area contributed by atoms with E-state index in [-0.39, 0.29) is 35.3 Å². The zero-order valence-corrected chi connectivity index (χ0v) is 17.0. The fourth-order valence-electron chi connectivity index (χ4n) is 3.73. The number of ether oxygens (including phenoxy) is 1. The van der Waals surface area contributed by atoms with Crippen LogP contribution in [0.5, 0.6) is 11.6 Å². The largest absolute Gasteiger partial charge is 0.507 e. The Kier molecular flexibility index (Phi) is 6.06. The van der Waals surface area contributed by atoms with Gasteiger partial charge in [0.05, 0.1) is 5.69 Å². The predicted octanol–water partition coefficient (Wildman–Crippen LogP) is 4.61. The molecule has 0 radical (unpaired) electrons. The Morgan fingerprint density at radius 3 is 2.27 bits per heavy atom. The van der Waals surface area contributed by atoms with Gasteiger partial charge in [0.2, 0.25) is 5.88 Å². The lowest BCUT2D eigenvalue weighted by molar-refractivity contribution is 0.0524. The van der Waals surface area contributed by atoms with Crippen LogP contribution in [-0.2, 0) is 0 Å². The van der Waals surface area contributed by atoms with Crippen molar-refractivity contribution in [3.63, 3.8) is 0 Å². The smallest absolute Gasteiger partial charge is 0.233 e. The summed E-state index contributed by atoms with van der Waals surface area (Å²) in [7, 11) is 0. The summed E-state index contributed by atoms with van der Waals surface area (Å²) in [5.41, 5.74) is 1.18. The molecule has 142 valence electrons. The second-order valence-electron chi connectivity index (χ2n) is 7.96. The molecule has 1 aromatic carbocycles. The molecule has 1 aliphatic heterocycles. The summed E-state index contributed by atoms with van der Waals surface area (Å²) < 4.78 is 6.07. The highest BCUT2D eigenvalue weighted by Crippen LogP contribution is 2.32. The highest BCUT2D eigenvalue weighted by Gasteiger charge is 2.38.